The number of ether oxygens (including phenoxy) is 1. The van der Waals surface area contributed by atoms with Crippen molar-refractivity contribution < 1.29 is 4.74 Å². The second kappa shape index (κ2) is 3.71. The van der Waals surface area contributed by atoms with Crippen molar-refractivity contribution in [2.75, 3.05) is 6.54 Å². The summed E-state index contributed by atoms with van der Waals surface area (Å²) in [6, 6.07) is 0.747. The van der Waals surface area contributed by atoms with Crippen LogP contribution >= 0.6 is 0 Å². The van der Waals surface area contributed by atoms with Crippen molar-refractivity contribution in [3.8, 4) is 0 Å². The molecular weight excluding hydrogens is 198 g/mol. The molecule has 0 radical (unpaired) electrons. The number of rotatable bonds is 3. The highest BCUT2D eigenvalue weighted by Crippen LogP contribution is 2.46. The molecule has 0 aromatic rings. The normalized spacial score (nSPS) is 39.4. The van der Waals surface area contributed by atoms with E-state index in [1.54, 1.807) is 0 Å². The van der Waals surface area contributed by atoms with Crippen LogP contribution in [0.5, 0.6) is 0 Å². The van der Waals surface area contributed by atoms with Crippen LogP contribution in [-0.2, 0) is 4.74 Å². The lowest BCUT2D eigenvalue weighted by Gasteiger charge is -2.24. The molecule has 16 heavy (non-hydrogen) atoms. The molecule has 0 aromatic carbocycles. The van der Waals surface area contributed by atoms with E-state index in [9.17, 15) is 0 Å². The first-order valence-electron chi connectivity index (χ1n) is 7.01. The zero-order valence-corrected chi connectivity index (χ0v) is 10.7. The maximum Gasteiger partial charge on any atom is 0.0708 e. The highest BCUT2D eigenvalue weighted by Gasteiger charge is 2.46. The molecule has 0 aromatic heterocycles. The molecule has 3 fully saturated rings. The maximum absolute atomic E-state index is 6.29. The average Bonchev–Trinajstić information content (AvgIpc) is 2.70. The van der Waals surface area contributed by atoms with Gasteiger partial charge in [-0.25, -0.2) is 0 Å². The number of nitrogens with one attached hydrogen (secondary N) is 1. The van der Waals surface area contributed by atoms with Gasteiger partial charge in [-0.3, -0.25) is 0 Å². The average molecular weight is 223 g/mol. The fourth-order valence-corrected chi connectivity index (χ4v) is 3.52. The second-order valence-corrected chi connectivity index (χ2v) is 6.82. The minimum atomic E-state index is 0.311. The lowest BCUT2D eigenvalue weighted by atomic mass is 9.98. The van der Waals surface area contributed by atoms with E-state index in [4.69, 9.17) is 4.74 Å². The standard InChI is InChI=1S/C14H25NO/c1-13(2)9-12(13)15-10-11-5-8-14(16-11)6-3-4-7-14/h11-12,15H,3-10H2,1-2H3. The largest absolute Gasteiger partial charge is 0.370 e. The fraction of sp³-hybridized carbons (Fsp3) is 1.00. The van der Waals surface area contributed by atoms with Gasteiger partial charge in [-0.15, -0.1) is 0 Å². The molecule has 0 bridgehead atoms. The van der Waals surface area contributed by atoms with Crippen LogP contribution in [0, 0.1) is 5.41 Å². The van der Waals surface area contributed by atoms with Crippen LogP contribution in [0.25, 0.3) is 0 Å². The van der Waals surface area contributed by atoms with E-state index in [0.717, 1.165) is 12.6 Å². The maximum atomic E-state index is 6.29. The van der Waals surface area contributed by atoms with Gasteiger partial charge in [0.2, 0.25) is 0 Å². The first kappa shape index (κ1) is 11.0. The van der Waals surface area contributed by atoms with E-state index >= 15 is 0 Å². The van der Waals surface area contributed by atoms with Gasteiger partial charge in [-0.05, 0) is 37.5 Å². The molecule has 92 valence electrons. The zero-order chi connectivity index (χ0) is 11.2. The monoisotopic (exact) mass is 223 g/mol. The van der Waals surface area contributed by atoms with Gasteiger partial charge in [0.05, 0.1) is 11.7 Å². The Bertz CT molecular complexity index is 268. The smallest absolute Gasteiger partial charge is 0.0708 e. The van der Waals surface area contributed by atoms with E-state index in [2.05, 4.69) is 19.2 Å². The summed E-state index contributed by atoms with van der Waals surface area (Å²) in [5.74, 6) is 0. The van der Waals surface area contributed by atoms with Crippen LogP contribution in [0.1, 0.15) is 58.8 Å². The number of hydrogen-bond donors (Lipinski definition) is 1. The molecule has 1 saturated heterocycles. The Morgan fingerprint density at radius 1 is 1.19 bits per heavy atom. The Morgan fingerprint density at radius 3 is 2.50 bits per heavy atom. The van der Waals surface area contributed by atoms with Crippen molar-refractivity contribution in [1.82, 2.24) is 5.32 Å². The van der Waals surface area contributed by atoms with Crippen molar-refractivity contribution in [3.05, 3.63) is 0 Å². The van der Waals surface area contributed by atoms with E-state index in [1.807, 2.05) is 0 Å². The third-order valence-corrected chi connectivity index (χ3v) is 4.96. The van der Waals surface area contributed by atoms with Crippen molar-refractivity contribution in [2.45, 2.75) is 76.5 Å². The summed E-state index contributed by atoms with van der Waals surface area (Å²) in [5, 5.41) is 3.67. The minimum absolute atomic E-state index is 0.311. The molecule has 2 nitrogen and oxygen atoms in total. The first-order chi connectivity index (χ1) is 7.60. The molecule has 1 heterocycles. The molecule has 3 rings (SSSR count). The minimum Gasteiger partial charge on any atom is -0.370 e. The van der Waals surface area contributed by atoms with Crippen LogP contribution in [0.15, 0.2) is 0 Å². The SMILES string of the molecule is CC1(C)CC1NCC1CCC2(CCCC2)O1. The molecule has 2 atom stereocenters. The molecule has 2 unspecified atom stereocenters. The summed E-state index contributed by atoms with van der Waals surface area (Å²) < 4.78 is 6.29. The highest BCUT2D eigenvalue weighted by atomic mass is 16.5. The van der Waals surface area contributed by atoms with Crippen molar-refractivity contribution in [3.63, 3.8) is 0 Å². The summed E-state index contributed by atoms with van der Waals surface area (Å²) in [7, 11) is 0. The summed E-state index contributed by atoms with van der Waals surface area (Å²) in [4.78, 5) is 0. The highest BCUT2D eigenvalue weighted by molar-refractivity contribution is 5.02. The molecular formula is C14H25NO. The van der Waals surface area contributed by atoms with E-state index in [-0.39, 0.29) is 0 Å². The van der Waals surface area contributed by atoms with Crippen molar-refractivity contribution in [2.24, 2.45) is 5.41 Å². The van der Waals surface area contributed by atoms with E-state index in [0.29, 0.717) is 17.1 Å². The topological polar surface area (TPSA) is 21.3 Å². The van der Waals surface area contributed by atoms with Gasteiger partial charge < -0.3 is 10.1 Å². The van der Waals surface area contributed by atoms with Crippen LogP contribution in [0.2, 0.25) is 0 Å². The van der Waals surface area contributed by atoms with Gasteiger partial charge in [0, 0.05) is 12.6 Å². The van der Waals surface area contributed by atoms with Gasteiger partial charge in [0.1, 0.15) is 0 Å². The third-order valence-electron chi connectivity index (χ3n) is 4.96. The molecule has 1 spiro atoms. The predicted molar refractivity (Wildman–Crippen MR) is 65.5 cm³/mol. The fourth-order valence-electron chi connectivity index (χ4n) is 3.52. The quantitative estimate of drug-likeness (QED) is 0.794. The van der Waals surface area contributed by atoms with Gasteiger partial charge >= 0.3 is 0 Å². The molecule has 3 aliphatic rings. The van der Waals surface area contributed by atoms with Crippen LogP contribution in [0.4, 0.5) is 0 Å². The Morgan fingerprint density at radius 2 is 1.88 bits per heavy atom. The van der Waals surface area contributed by atoms with Gasteiger partial charge in [-0.1, -0.05) is 26.7 Å². The first-order valence-corrected chi connectivity index (χ1v) is 7.01. The third kappa shape index (κ3) is 2.02. The van der Waals surface area contributed by atoms with Gasteiger partial charge in [-0.2, -0.15) is 0 Å². The van der Waals surface area contributed by atoms with Gasteiger partial charge in [0.25, 0.3) is 0 Å². The summed E-state index contributed by atoms with van der Waals surface area (Å²) in [6.45, 7) is 5.77. The molecule has 2 heteroatoms. The van der Waals surface area contributed by atoms with E-state index < -0.39 is 0 Å². The van der Waals surface area contributed by atoms with Crippen LogP contribution < -0.4 is 5.32 Å². The molecule has 2 aliphatic carbocycles. The Balaban J connectivity index is 1.44. The number of hydrogen-bond acceptors (Lipinski definition) is 2. The lowest BCUT2D eigenvalue weighted by molar-refractivity contribution is -0.0353. The Hall–Kier alpha value is -0.0800. The van der Waals surface area contributed by atoms with E-state index in [1.165, 1.54) is 44.9 Å². The summed E-state index contributed by atoms with van der Waals surface area (Å²) >= 11 is 0. The molecule has 2 saturated carbocycles. The Labute approximate surface area is 99.1 Å². The summed E-state index contributed by atoms with van der Waals surface area (Å²) in [5.41, 5.74) is 0.856. The second-order valence-electron chi connectivity index (χ2n) is 6.82. The summed E-state index contributed by atoms with van der Waals surface area (Å²) in [6.07, 6.45) is 9.83. The van der Waals surface area contributed by atoms with Gasteiger partial charge in [0.15, 0.2) is 0 Å². The van der Waals surface area contributed by atoms with Crippen LogP contribution in [0.3, 0.4) is 0 Å². The molecule has 0 amide bonds. The zero-order valence-electron chi connectivity index (χ0n) is 10.7. The van der Waals surface area contributed by atoms with Crippen molar-refractivity contribution in [1.29, 1.82) is 0 Å². The van der Waals surface area contributed by atoms with Crippen molar-refractivity contribution >= 4 is 0 Å². The van der Waals surface area contributed by atoms with Crippen LogP contribution in [-0.4, -0.2) is 24.3 Å². The molecule has 1 N–H and O–H groups in total. The lowest BCUT2D eigenvalue weighted by Crippen LogP contribution is -2.33. The molecule has 1 aliphatic heterocycles. The predicted octanol–water partition coefficient (Wildman–Crippen LogP) is 2.87. The Kier molecular flexibility index (Phi) is 2.56.